The SMILES string of the molecule is Cc1cccn2c(=O)c3cc(C(=O)NC[C@H]4CCCO4)c(N)[n+](C4CCCCC4)c3nc12. The minimum absolute atomic E-state index is 0.0327. The number of rotatable bonds is 4. The van der Waals surface area contributed by atoms with Crippen LogP contribution in [0.1, 0.15) is 66.9 Å². The number of aryl methyl sites for hydroxylation is 1. The largest absolute Gasteiger partial charge is 0.376 e. The van der Waals surface area contributed by atoms with Gasteiger partial charge in [0.1, 0.15) is 10.9 Å². The van der Waals surface area contributed by atoms with Crippen LogP contribution >= 0.6 is 0 Å². The molecule has 0 bridgehead atoms. The van der Waals surface area contributed by atoms with Crippen LogP contribution in [-0.2, 0) is 4.74 Å². The predicted molar refractivity (Wildman–Crippen MR) is 122 cm³/mol. The molecule has 5 rings (SSSR count). The Morgan fingerprint density at radius 2 is 2.09 bits per heavy atom. The smallest absolute Gasteiger partial charge is 0.278 e. The van der Waals surface area contributed by atoms with E-state index >= 15 is 0 Å². The van der Waals surface area contributed by atoms with Crippen molar-refractivity contribution in [2.75, 3.05) is 18.9 Å². The van der Waals surface area contributed by atoms with Gasteiger partial charge in [0.2, 0.25) is 11.5 Å². The van der Waals surface area contributed by atoms with Crippen LogP contribution in [0, 0.1) is 6.92 Å². The molecule has 3 aromatic heterocycles. The number of amides is 1. The van der Waals surface area contributed by atoms with Crippen LogP contribution in [0.3, 0.4) is 0 Å². The lowest BCUT2D eigenvalue weighted by Crippen LogP contribution is -2.47. The van der Waals surface area contributed by atoms with Crippen molar-refractivity contribution in [1.29, 1.82) is 0 Å². The molecule has 3 N–H and O–H groups in total. The lowest BCUT2D eigenvalue weighted by Gasteiger charge is -2.24. The van der Waals surface area contributed by atoms with E-state index in [4.69, 9.17) is 15.5 Å². The molecule has 1 amide bonds. The molecule has 0 aromatic carbocycles. The third-order valence-electron chi connectivity index (χ3n) is 6.82. The van der Waals surface area contributed by atoms with Crippen molar-refractivity contribution >= 4 is 28.4 Å². The zero-order valence-corrected chi connectivity index (χ0v) is 18.5. The molecule has 0 unspecified atom stereocenters. The Balaban J connectivity index is 1.68. The summed E-state index contributed by atoms with van der Waals surface area (Å²) in [6.07, 6.45) is 9.00. The summed E-state index contributed by atoms with van der Waals surface area (Å²) in [4.78, 5) is 31.5. The Kier molecular flexibility index (Phi) is 5.55. The van der Waals surface area contributed by atoms with Crippen LogP contribution in [0.4, 0.5) is 5.82 Å². The average molecular weight is 437 g/mol. The van der Waals surface area contributed by atoms with Gasteiger partial charge in [-0.05, 0) is 57.6 Å². The van der Waals surface area contributed by atoms with Gasteiger partial charge in [-0.3, -0.25) is 14.0 Å². The number of hydrogen-bond acceptors (Lipinski definition) is 5. The first-order valence-electron chi connectivity index (χ1n) is 11.6. The highest BCUT2D eigenvalue weighted by Gasteiger charge is 2.30. The van der Waals surface area contributed by atoms with Gasteiger partial charge in [-0.2, -0.15) is 0 Å². The Hall–Kier alpha value is -3.00. The van der Waals surface area contributed by atoms with E-state index in [1.165, 1.54) is 6.42 Å². The Labute approximate surface area is 186 Å². The summed E-state index contributed by atoms with van der Waals surface area (Å²) >= 11 is 0. The van der Waals surface area contributed by atoms with Gasteiger partial charge >= 0.3 is 0 Å². The number of fused-ring (bicyclic) bond motifs is 2. The normalized spacial score (nSPS) is 19.6. The molecular weight excluding hydrogens is 406 g/mol. The van der Waals surface area contributed by atoms with Crippen LogP contribution in [0.25, 0.3) is 16.7 Å². The fraction of sp³-hybridized carbons (Fsp3) is 0.500. The first kappa shape index (κ1) is 20.9. The lowest BCUT2D eigenvalue weighted by molar-refractivity contribution is -0.689. The standard InChI is InChI=1S/C24H29N5O3/c1-15-7-5-11-28-21(15)27-22-19(24(28)31)13-18(23(30)26-14-17-10-6-12-32-17)20(25)29(22)16-8-3-2-4-9-16/h5,7,11,13,16-17,25H,2-4,6,8-10,12,14H2,1H3,(H,26,30)/p+1/t17-/m1/s1. The molecule has 0 spiro atoms. The molecule has 8 nitrogen and oxygen atoms in total. The summed E-state index contributed by atoms with van der Waals surface area (Å²) in [5.41, 5.74) is 8.85. The van der Waals surface area contributed by atoms with Crippen molar-refractivity contribution in [3.8, 4) is 0 Å². The maximum Gasteiger partial charge on any atom is 0.278 e. The Bertz CT molecular complexity index is 1240. The van der Waals surface area contributed by atoms with Gasteiger partial charge in [0.15, 0.2) is 0 Å². The molecule has 1 aliphatic carbocycles. The third kappa shape index (κ3) is 3.62. The summed E-state index contributed by atoms with van der Waals surface area (Å²) in [7, 11) is 0. The van der Waals surface area contributed by atoms with Crippen molar-refractivity contribution < 1.29 is 14.1 Å². The Morgan fingerprint density at radius 1 is 1.28 bits per heavy atom. The van der Waals surface area contributed by atoms with Crippen molar-refractivity contribution in [3.63, 3.8) is 0 Å². The molecule has 1 saturated carbocycles. The number of nitrogen functional groups attached to an aromatic ring is 1. The van der Waals surface area contributed by atoms with Crippen LogP contribution in [0.15, 0.2) is 29.2 Å². The Morgan fingerprint density at radius 3 is 2.84 bits per heavy atom. The second kappa shape index (κ2) is 8.50. The lowest BCUT2D eigenvalue weighted by atomic mass is 9.94. The number of nitrogens with zero attached hydrogens (tertiary/aromatic N) is 3. The first-order chi connectivity index (χ1) is 15.5. The third-order valence-corrected chi connectivity index (χ3v) is 6.82. The molecule has 0 radical (unpaired) electrons. The number of carbonyl (C=O) groups excluding carboxylic acids is 1. The van der Waals surface area contributed by atoms with Crippen LogP contribution in [0.2, 0.25) is 0 Å². The average Bonchev–Trinajstić information content (AvgIpc) is 3.32. The summed E-state index contributed by atoms with van der Waals surface area (Å²) in [5.74, 6) is 0.0947. The summed E-state index contributed by atoms with van der Waals surface area (Å²) in [5, 5.41) is 3.37. The van der Waals surface area contributed by atoms with E-state index in [1.807, 2.05) is 23.6 Å². The van der Waals surface area contributed by atoms with E-state index < -0.39 is 0 Å². The van der Waals surface area contributed by atoms with E-state index in [2.05, 4.69) is 5.32 Å². The second-order valence-corrected chi connectivity index (χ2v) is 8.99. The fourth-order valence-corrected chi connectivity index (χ4v) is 5.07. The molecule has 8 heteroatoms. The number of nitrogens with two attached hydrogens (primary N) is 1. The molecule has 3 aromatic rings. The predicted octanol–water partition coefficient (Wildman–Crippen LogP) is 2.44. The van der Waals surface area contributed by atoms with E-state index in [-0.39, 0.29) is 23.6 Å². The van der Waals surface area contributed by atoms with Crippen LogP contribution in [-0.4, -0.2) is 34.5 Å². The van der Waals surface area contributed by atoms with Gasteiger partial charge in [0.25, 0.3) is 17.1 Å². The van der Waals surface area contributed by atoms with Gasteiger partial charge in [-0.15, -0.1) is 0 Å². The minimum Gasteiger partial charge on any atom is -0.376 e. The molecule has 32 heavy (non-hydrogen) atoms. The number of carbonyl (C=O) groups is 1. The van der Waals surface area contributed by atoms with Gasteiger partial charge in [-0.1, -0.05) is 17.5 Å². The molecule has 2 fully saturated rings. The van der Waals surface area contributed by atoms with Crippen molar-refractivity contribution in [2.24, 2.45) is 0 Å². The number of pyridine rings is 2. The zero-order chi connectivity index (χ0) is 22.2. The quantitative estimate of drug-likeness (QED) is 0.483. The maximum atomic E-state index is 13.4. The molecule has 2 aliphatic rings. The maximum absolute atomic E-state index is 13.4. The highest BCUT2D eigenvalue weighted by atomic mass is 16.5. The van der Waals surface area contributed by atoms with Crippen molar-refractivity contribution in [1.82, 2.24) is 14.7 Å². The highest BCUT2D eigenvalue weighted by Crippen LogP contribution is 2.27. The van der Waals surface area contributed by atoms with Gasteiger partial charge in [-0.25, -0.2) is 4.57 Å². The summed E-state index contributed by atoms with van der Waals surface area (Å²) in [6, 6.07) is 5.50. The summed E-state index contributed by atoms with van der Waals surface area (Å²) < 4.78 is 9.12. The van der Waals surface area contributed by atoms with Crippen molar-refractivity contribution in [3.05, 3.63) is 45.9 Å². The fourth-order valence-electron chi connectivity index (χ4n) is 5.07. The molecular formula is C24H30N5O3+. The zero-order valence-electron chi connectivity index (χ0n) is 18.5. The van der Waals surface area contributed by atoms with Crippen molar-refractivity contribution in [2.45, 2.75) is 64.0 Å². The summed E-state index contributed by atoms with van der Waals surface area (Å²) in [6.45, 7) is 3.11. The van der Waals surface area contributed by atoms with E-state index in [1.54, 1.807) is 16.7 Å². The molecule has 168 valence electrons. The van der Waals surface area contributed by atoms with Crippen LogP contribution in [0.5, 0.6) is 0 Å². The van der Waals surface area contributed by atoms with Gasteiger partial charge in [0, 0.05) is 24.9 Å². The number of nitrogens with one attached hydrogen (secondary N) is 1. The number of ether oxygens (including phenoxy) is 1. The van der Waals surface area contributed by atoms with E-state index in [9.17, 15) is 9.59 Å². The van der Waals surface area contributed by atoms with Gasteiger partial charge < -0.3 is 15.8 Å². The topological polar surface area (TPSA) is 103 Å². The second-order valence-electron chi connectivity index (χ2n) is 8.99. The molecule has 1 atom stereocenters. The molecule has 4 heterocycles. The minimum atomic E-state index is -0.279. The molecule has 1 aliphatic heterocycles. The highest BCUT2D eigenvalue weighted by molar-refractivity contribution is 6.00. The first-order valence-corrected chi connectivity index (χ1v) is 11.6. The van der Waals surface area contributed by atoms with Crippen LogP contribution < -0.4 is 21.2 Å². The van der Waals surface area contributed by atoms with Gasteiger partial charge in [0.05, 0.1) is 12.1 Å². The number of anilines is 1. The van der Waals surface area contributed by atoms with E-state index in [0.717, 1.165) is 50.7 Å². The van der Waals surface area contributed by atoms with E-state index in [0.29, 0.717) is 34.6 Å². The monoisotopic (exact) mass is 436 g/mol. The number of hydrogen-bond donors (Lipinski definition) is 2. The number of aromatic nitrogens is 3. The molecule has 1 saturated heterocycles.